The van der Waals surface area contributed by atoms with E-state index in [2.05, 4.69) is 10.1 Å². The summed E-state index contributed by atoms with van der Waals surface area (Å²) in [5, 5.41) is 2.56. The predicted molar refractivity (Wildman–Crippen MR) is 90.7 cm³/mol. The maximum absolute atomic E-state index is 11.7. The zero-order valence-corrected chi connectivity index (χ0v) is 16.5. The number of carbonyl (C=O) groups is 4. The van der Waals surface area contributed by atoms with Gasteiger partial charge in [0.05, 0.1) is 13.2 Å². The lowest BCUT2D eigenvalue weighted by atomic mass is 9.97. The molecule has 1 rings (SSSR count). The third-order valence-electron chi connectivity index (χ3n) is 3.65. The van der Waals surface area contributed by atoms with Crippen LogP contribution < -0.4 is 5.32 Å². The number of nitrogens with one attached hydrogen (secondary N) is 1. The van der Waals surface area contributed by atoms with Gasteiger partial charge in [-0.25, -0.2) is 4.79 Å². The van der Waals surface area contributed by atoms with Gasteiger partial charge in [-0.15, -0.1) is 0 Å². The second-order valence-electron chi connectivity index (χ2n) is 5.89. The van der Waals surface area contributed by atoms with Crippen molar-refractivity contribution in [3.8, 4) is 0 Å². The second kappa shape index (κ2) is 10.4. The second-order valence-corrected chi connectivity index (χ2v) is 6.32. The minimum Gasteiger partial charge on any atom is -0.467 e. The highest BCUT2D eigenvalue weighted by Gasteiger charge is 2.50. The highest BCUT2D eigenvalue weighted by molar-refractivity contribution is 6.20. The Kier molecular flexibility index (Phi) is 8.94. The molecule has 1 heterocycles. The van der Waals surface area contributed by atoms with E-state index in [4.69, 9.17) is 30.5 Å². The number of amides is 1. The van der Waals surface area contributed by atoms with Crippen LogP contribution in [0.15, 0.2) is 0 Å². The minimum absolute atomic E-state index is 0.268. The summed E-state index contributed by atoms with van der Waals surface area (Å²) in [5.41, 5.74) is -1.10. The lowest BCUT2D eigenvalue weighted by Crippen LogP contribution is -2.65. The van der Waals surface area contributed by atoms with E-state index in [-0.39, 0.29) is 6.61 Å². The summed E-state index contributed by atoms with van der Waals surface area (Å²) in [4.78, 5) is 46.0. The number of hydrogen-bond donors (Lipinski definition) is 1. The number of esters is 3. The molecule has 1 amide bonds. The van der Waals surface area contributed by atoms with E-state index in [0.717, 1.165) is 0 Å². The largest absolute Gasteiger partial charge is 0.467 e. The van der Waals surface area contributed by atoms with Crippen molar-refractivity contribution in [1.82, 2.24) is 5.32 Å². The third-order valence-corrected chi connectivity index (χ3v) is 4.02. The molecule has 11 heteroatoms. The first kappa shape index (κ1) is 23.1. The van der Waals surface area contributed by atoms with Gasteiger partial charge in [-0.1, -0.05) is 11.6 Å². The fourth-order valence-electron chi connectivity index (χ4n) is 2.56. The van der Waals surface area contributed by atoms with Gasteiger partial charge in [-0.2, -0.15) is 0 Å². The number of rotatable bonds is 7. The van der Waals surface area contributed by atoms with Gasteiger partial charge in [0.15, 0.2) is 17.8 Å². The van der Waals surface area contributed by atoms with Gasteiger partial charge in [0.2, 0.25) is 5.91 Å². The summed E-state index contributed by atoms with van der Waals surface area (Å²) in [6.07, 6.45) is -4.20. The average molecular weight is 410 g/mol. The summed E-state index contributed by atoms with van der Waals surface area (Å²) in [6.45, 7) is 4.80. The van der Waals surface area contributed by atoms with E-state index >= 15 is 0 Å². The van der Waals surface area contributed by atoms with E-state index in [1.54, 1.807) is 0 Å². The molecular formula is C16H24ClNO9. The van der Waals surface area contributed by atoms with Gasteiger partial charge in [-0.3, -0.25) is 14.4 Å². The van der Waals surface area contributed by atoms with Gasteiger partial charge >= 0.3 is 17.9 Å². The molecule has 1 saturated heterocycles. The summed E-state index contributed by atoms with van der Waals surface area (Å²) in [5.74, 6) is -2.35. The first-order valence-corrected chi connectivity index (χ1v) is 8.61. The molecule has 1 unspecified atom stereocenters. The van der Waals surface area contributed by atoms with Gasteiger partial charge in [0, 0.05) is 20.8 Å². The fraction of sp³-hybridized carbons (Fsp3) is 0.750. The fourth-order valence-corrected chi connectivity index (χ4v) is 2.90. The Labute approximate surface area is 161 Å². The van der Waals surface area contributed by atoms with Crippen molar-refractivity contribution in [3.05, 3.63) is 0 Å². The minimum atomic E-state index is -1.11. The first-order valence-electron chi connectivity index (χ1n) is 8.17. The number of alkyl halides is 1. The van der Waals surface area contributed by atoms with E-state index in [1.807, 2.05) is 0 Å². The van der Waals surface area contributed by atoms with Gasteiger partial charge in [0.25, 0.3) is 0 Å². The first-order chi connectivity index (χ1) is 12.6. The van der Waals surface area contributed by atoms with Crippen molar-refractivity contribution >= 4 is 35.4 Å². The molecular weight excluding hydrogens is 386 g/mol. The molecule has 10 nitrogen and oxygen atoms in total. The number of ether oxygens (including phenoxy) is 5. The molecule has 27 heavy (non-hydrogen) atoms. The zero-order valence-electron chi connectivity index (χ0n) is 15.7. The predicted octanol–water partition coefficient (Wildman–Crippen LogP) is -0.104. The monoisotopic (exact) mass is 409 g/mol. The maximum atomic E-state index is 11.7. The molecule has 1 aliphatic rings. The standard InChI is InChI=1S/C16H24ClNO9/c1-7(16(22)23-5)25-14-12(18-8(2)19)15(17)27-11(6-24-9(3)20)13(14)26-10(4)21/h7,11-15H,6H2,1-5H3,(H,18,19)/t7-,11+,12+,13+,14+,15?/m0/s1. The van der Waals surface area contributed by atoms with Crippen LogP contribution in [0.5, 0.6) is 0 Å². The highest BCUT2D eigenvalue weighted by Crippen LogP contribution is 2.29. The van der Waals surface area contributed by atoms with Crippen molar-refractivity contribution in [1.29, 1.82) is 0 Å². The normalized spacial score (nSPS) is 28.6. The molecule has 1 N–H and O–H groups in total. The zero-order chi connectivity index (χ0) is 20.7. The Bertz CT molecular complexity index is 570. The smallest absolute Gasteiger partial charge is 0.334 e. The number of methoxy groups -OCH3 is 1. The van der Waals surface area contributed by atoms with Crippen LogP contribution in [-0.2, 0) is 42.9 Å². The Morgan fingerprint density at radius 1 is 1.11 bits per heavy atom. The molecule has 0 aromatic carbocycles. The van der Waals surface area contributed by atoms with Crippen LogP contribution in [0.1, 0.15) is 27.7 Å². The molecule has 0 bridgehead atoms. The molecule has 0 aromatic rings. The summed E-state index contributed by atoms with van der Waals surface area (Å²) in [6, 6.07) is -0.950. The molecule has 0 aliphatic carbocycles. The molecule has 0 radical (unpaired) electrons. The number of hydrogen-bond acceptors (Lipinski definition) is 9. The van der Waals surface area contributed by atoms with Crippen molar-refractivity contribution in [2.24, 2.45) is 0 Å². The van der Waals surface area contributed by atoms with Crippen LogP contribution in [0.2, 0.25) is 0 Å². The van der Waals surface area contributed by atoms with Crippen LogP contribution >= 0.6 is 11.6 Å². The number of carbonyl (C=O) groups excluding carboxylic acids is 4. The Hall–Kier alpha value is -1.91. The van der Waals surface area contributed by atoms with Gasteiger partial charge in [0.1, 0.15) is 18.8 Å². The SMILES string of the molecule is COC(=O)[C@H](C)O[C@H]1[C@H](OC(C)=O)[C@@H](COC(C)=O)OC(Cl)[C@@H]1NC(C)=O. The van der Waals surface area contributed by atoms with E-state index < -0.39 is 59.8 Å². The Morgan fingerprint density at radius 2 is 1.74 bits per heavy atom. The van der Waals surface area contributed by atoms with Crippen LogP contribution in [0.4, 0.5) is 0 Å². The van der Waals surface area contributed by atoms with E-state index in [0.29, 0.717) is 0 Å². The summed E-state index contributed by atoms with van der Waals surface area (Å²) < 4.78 is 26.1. The summed E-state index contributed by atoms with van der Waals surface area (Å²) in [7, 11) is 1.19. The molecule has 1 aliphatic heterocycles. The third kappa shape index (κ3) is 6.96. The lowest BCUT2D eigenvalue weighted by Gasteiger charge is -2.44. The molecule has 154 valence electrons. The van der Waals surface area contributed by atoms with E-state index in [9.17, 15) is 19.2 Å². The highest BCUT2D eigenvalue weighted by atomic mass is 35.5. The van der Waals surface area contributed by atoms with E-state index in [1.165, 1.54) is 34.8 Å². The lowest BCUT2D eigenvalue weighted by molar-refractivity contribution is -0.220. The van der Waals surface area contributed by atoms with Gasteiger partial charge in [-0.05, 0) is 6.92 Å². The van der Waals surface area contributed by atoms with Crippen molar-refractivity contribution in [2.45, 2.75) is 63.7 Å². The van der Waals surface area contributed by atoms with Crippen LogP contribution in [-0.4, -0.2) is 73.6 Å². The quantitative estimate of drug-likeness (QED) is 0.348. The van der Waals surface area contributed by atoms with Crippen molar-refractivity contribution in [3.63, 3.8) is 0 Å². The Morgan fingerprint density at radius 3 is 2.22 bits per heavy atom. The molecule has 0 saturated carbocycles. The molecule has 1 fully saturated rings. The van der Waals surface area contributed by atoms with Crippen LogP contribution in [0.3, 0.4) is 0 Å². The maximum Gasteiger partial charge on any atom is 0.334 e. The topological polar surface area (TPSA) is 126 Å². The molecule has 0 spiro atoms. The Balaban J connectivity index is 3.18. The van der Waals surface area contributed by atoms with Crippen LogP contribution in [0.25, 0.3) is 0 Å². The molecule has 0 aromatic heterocycles. The van der Waals surface area contributed by atoms with Crippen molar-refractivity contribution in [2.75, 3.05) is 13.7 Å². The summed E-state index contributed by atoms with van der Waals surface area (Å²) >= 11 is 6.22. The van der Waals surface area contributed by atoms with Gasteiger partial charge < -0.3 is 29.0 Å². The van der Waals surface area contributed by atoms with Crippen LogP contribution in [0, 0.1) is 0 Å². The average Bonchev–Trinajstić information content (AvgIpc) is 2.57. The molecule has 6 atom stereocenters. The van der Waals surface area contributed by atoms with Crippen molar-refractivity contribution < 1.29 is 42.9 Å². The number of halogens is 1.